The van der Waals surface area contributed by atoms with Crippen LogP contribution in [0.3, 0.4) is 0 Å². The van der Waals surface area contributed by atoms with Crippen LogP contribution in [0.4, 0.5) is 0 Å². The zero-order chi connectivity index (χ0) is 12.1. The number of rotatable bonds is 5. The Bertz CT molecular complexity index is 268. The molecule has 0 aromatic heterocycles. The summed E-state index contributed by atoms with van der Waals surface area (Å²) < 4.78 is 9.86. The fourth-order valence-electron chi connectivity index (χ4n) is 2.09. The molecule has 0 spiro atoms. The highest BCUT2D eigenvalue weighted by molar-refractivity contribution is 5.81. The lowest BCUT2D eigenvalue weighted by Gasteiger charge is -2.29. The molecule has 0 unspecified atom stereocenters. The number of methoxy groups -OCH3 is 1. The van der Waals surface area contributed by atoms with E-state index < -0.39 is 6.04 Å². The van der Waals surface area contributed by atoms with Crippen molar-refractivity contribution in [3.8, 4) is 0 Å². The molecule has 3 atom stereocenters. The van der Waals surface area contributed by atoms with E-state index in [1.807, 2.05) is 0 Å². The van der Waals surface area contributed by atoms with Crippen LogP contribution in [0.2, 0.25) is 0 Å². The molecular weight excluding hydrogens is 214 g/mol. The highest BCUT2D eigenvalue weighted by Gasteiger charge is 2.42. The number of carbonyl (C=O) groups excluding carboxylic acids is 1. The minimum Gasteiger partial charge on any atom is -0.359 e. The van der Waals surface area contributed by atoms with E-state index in [4.69, 9.17) is 9.47 Å². The summed E-state index contributed by atoms with van der Waals surface area (Å²) in [5.41, 5.74) is 0. The molecule has 1 aliphatic rings. The third-order valence-electron chi connectivity index (χ3n) is 3.11. The van der Waals surface area contributed by atoms with Gasteiger partial charge in [0.2, 0.25) is 6.04 Å². The predicted octanol–water partition coefficient (Wildman–Crippen LogP) is 0.867. The smallest absolute Gasteiger partial charge is 0.219 e. The second-order valence-electron chi connectivity index (χ2n) is 4.09. The van der Waals surface area contributed by atoms with Gasteiger partial charge in [0, 0.05) is 30.8 Å². The van der Waals surface area contributed by atoms with Crippen molar-refractivity contribution in [2.45, 2.75) is 25.8 Å². The lowest BCUT2D eigenvalue weighted by Crippen LogP contribution is -2.43. The Kier molecular flexibility index (Phi) is 4.82. The van der Waals surface area contributed by atoms with Gasteiger partial charge in [-0.1, -0.05) is 6.92 Å². The van der Waals surface area contributed by atoms with Gasteiger partial charge in [0.1, 0.15) is 12.6 Å². The largest absolute Gasteiger partial charge is 0.359 e. The van der Waals surface area contributed by atoms with Crippen molar-refractivity contribution >= 4 is 5.78 Å². The van der Waals surface area contributed by atoms with Crippen molar-refractivity contribution in [2.24, 2.45) is 11.8 Å². The van der Waals surface area contributed by atoms with E-state index in [0.29, 0.717) is 12.8 Å². The van der Waals surface area contributed by atoms with Gasteiger partial charge in [-0.3, -0.25) is 14.9 Å². The Hall–Kier alpha value is -1.01. The van der Waals surface area contributed by atoms with E-state index in [1.54, 1.807) is 6.92 Å². The molecule has 0 heterocycles. The minimum atomic E-state index is -0.676. The van der Waals surface area contributed by atoms with Crippen LogP contribution in [-0.4, -0.2) is 37.3 Å². The number of Topliss-reactive ketones (excluding diaryl/α,β-unsaturated/α-hetero) is 1. The van der Waals surface area contributed by atoms with Crippen molar-refractivity contribution in [1.82, 2.24) is 0 Å². The molecule has 92 valence electrons. The van der Waals surface area contributed by atoms with Crippen LogP contribution in [0.1, 0.15) is 19.8 Å². The number of nitro groups is 1. The highest BCUT2D eigenvalue weighted by Crippen LogP contribution is 2.29. The van der Waals surface area contributed by atoms with Crippen LogP contribution in [-0.2, 0) is 14.3 Å². The minimum absolute atomic E-state index is 0.0871. The molecule has 0 aromatic carbocycles. The molecule has 0 amide bonds. The number of ketones is 1. The average Bonchev–Trinajstić information content (AvgIpc) is 2.24. The monoisotopic (exact) mass is 231 g/mol. The van der Waals surface area contributed by atoms with Crippen LogP contribution in [0.25, 0.3) is 0 Å². The molecule has 6 heteroatoms. The molecule has 0 radical (unpaired) electrons. The first-order valence-electron chi connectivity index (χ1n) is 5.30. The maximum atomic E-state index is 11.5. The number of carbonyl (C=O) groups is 1. The predicted molar refractivity (Wildman–Crippen MR) is 55.5 cm³/mol. The van der Waals surface area contributed by atoms with Crippen LogP contribution < -0.4 is 0 Å². The first-order valence-corrected chi connectivity index (χ1v) is 5.30. The summed E-state index contributed by atoms with van der Waals surface area (Å²) in [4.78, 5) is 22.1. The molecule has 0 bridgehead atoms. The topological polar surface area (TPSA) is 78.7 Å². The molecule has 1 saturated carbocycles. The van der Waals surface area contributed by atoms with Crippen molar-refractivity contribution in [3.63, 3.8) is 0 Å². The van der Waals surface area contributed by atoms with E-state index >= 15 is 0 Å². The number of ether oxygens (including phenoxy) is 2. The fourth-order valence-corrected chi connectivity index (χ4v) is 2.09. The van der Waals surface area contributed by atoms with Gasteiger partial charge in [-0.2, -0.15) is 0 Å². The van der Waals surface area contributed by atoms with E-state index in [1.165, 1.54) is 7.11 Å². The van der Waals surface area contributed by atoms with E-state index in [9.17, 15) is 14.9 Å². The van der Waals surface area contributed by atoms with Gasteiger partial charge in [-0.05, 0) is 0 Å². The summed E-state index contributed by atoms with van der Waals surface area (Å²) in [5.74, 6) is -0.559. The second-order valence-corrected chi connectivity index (χ2v) is 4.09. The molecule has 0 saturated heterocycles. The third kappa shape index (κ3) is 2.99. The first-order chi connectivity index (χ1) is 7.57. The first kappa shape index (κ1) is 13.1. The molecule has 0 aliphatic heterocycles. The fraction of sp³-hybridized carbons (Fsp3) is 0.900. The van der Waals surface area contributed by atoms with Crippen molar-refractivity contribution in [1.29, 1.82) is 0 Å². The zero-order valence-electron chi connectivity index (χ0n) is 9.55. The Morgan fingerprint density at radius 2 is 2.25 bits per heavy atom. The molecule has 16 heavy (non-hydrogen) atoms. The SMILES string of the molecule is COCOC[C@@H]1[C@H]([N+](=O)[O-])CCC(=O)[C@@H]1C. The second kappa shape index (κ2) is 5.91. The van der Waals surface area contributed by atoms with Gasteiger partial charge < -0.3 is 9.47 Å². The number of hydrogen-bond acceptors (Lipinski definition) is 5. The Morgan fingerprint density at radius 1 is 1.56 bits per heavy atom. The zero-order valence-corrected chi connectivity index (χ0v) is 9.55. The quantitative estimate of drug-likeness (QED) is 0.303. The summed E-state index contributed by atoms with van der Waals surface area (Å²) in [5, 5.41) is 10.9. The maximum absolute atomic E-state index is 11.5. The Labute approximate surface area is 94.1 Å². The molecule has 0 aromatic rings. The standard InChI is InChI=1S/C10H17NO5/c1-7-8(5-16-6-15-2)9(11(13)14)3-4-10(7)12/h7-9H,3-6H2,1-2H3/t7-,8+,9-/m1/s1. The molecule has 1 fully saturated rings. The molecular formula is C10H17NO5. The Morgan fingerprint density at radius 3 is 2.81 bits per heavy atom. The molecule has 0 N–H and O–H groups in total. The molecule has 1 aliphatic carbocycles. The van der Waals surface area contributed by atoms with Gasteiger partial charge in [0.05, 0.1) is 12.5 Å². The third-order valence-corrected chi connectivity index (χ3v) is 3.11. The summed E-state index contributed by atoms with van der Waals surface area (Å²) in [7, 11) is 1.49. The van der Waals surface area contributed by atoms with Gasteiger partial charge >= 0.3 is 0 Å². The summed E-state index contributed by atoms with van der Waals surface area (Å²) >= 11 is 0. The lowest BCUT2D eigenvalue weighted by atomic mass is 9.76. The lowest BCUT2D eigenvalue weighted by molar-refractivity contribution is -0.537. The van der Waals surface area contributed by atoms with Gasteiger partial charge in [0.25, 0.3) is 0 Å². The van der Waals surface area contributed by atoms with E-state index in [2.05, 4.69) is 0 Å². The van der Waals surface area contributed by atoms with E-state index in [0.717, 1.165) is 0 Å². The highest BCUT2D eigenvalue weighted by atomic mass is 16.7. The summed E-state index contributed by atoms with van der Waals surface area (Å²) in [6.45, 7) is 2.03. The summed E-state index contributed by atoms with van der Waals surface area (Å²) in [6, 6.07) is -0.676. The summed E-state index contributed by atoms with van der Waals surface area (Å²) in [6.07, 6.45) is 0.616. The maximum Gasteiger partial charge on any atom is 0.219 e. The Balaban J connectivity index is 2.62. The normalized spacial score (nSPS) is 30.4. The molecule has 1 rings (SSSR count). The van der Waals surface area contributed by atoms with Crippen LogP contribution >= 0.6 is 0 Å². The van der Waals surface area contributed by atoms with Gasteiger partial charge in [-0.15, -0.1) is 0 Å². The van der Waals surface area contributed by atoms with Crippen LogP contribution in [0.15, 0.2) is 0 Å². The average molecular weight is 231 g/mol. The van der Waals surface area contributed by atoms with Crippen LogP contribution in [0.5, 0.6) is 0 Å². The van der Waals surface area contributed by atoms with Crippen molar-refractivity contribution in [3.05, 3.63) is 10.1 Å². The van der Waals surface area contributed by atoms with Crippen molar-refractivity contribution < 1.29 is 19.2 Å². The number of nitrogens with zero attached hydrogens (tertiary/aromatic N) is 1. The van der Waals surface area contributed by atoms with E-state index in [-0.39, 0.29) is 35.9 Å². The molecule has 6 nitrogen and oxygen atoms in total. The van der Waals surface area contributed by atoms with Gasteiger partial charge in [-0.25, -0.2) is 0 Å². The van der Waals surface area contributed by atoms with Gasteiger partial charge in [0.15, 0.2) is 0 Å². The van der Waals surface area contributed by atoms with Crippen LogP contribution in [0, 0.1) is 22.0 Å². The number of hydrogen-bond donors (Lipinski definition) is 0. The van der Waals surface area contributed by atoms with Crippen molar-refractivity contribution in [2.75, 3.05) is 20.5 Å².